The summed E-state index contributed by atoms with van der Waals surface area (Å²) in [5.74, 6) is 0.0219. The molecule has 0 bridgehead atoms. The van der Waals surface area contributed by atoms with Gasteiger partial charge in [-0.25, -0.2) is 0 Å². The van der Waals surface area contributed by atoms with Gasteiger partial charge in [0.1, 0.15) is 11.4 Å². The van der Waals surface area contributed by atoms with Gasteiger partial charge in [-0.15, -0.1) is 0 Å². The molecule has 0 saturated carbocycles. The minimum Gasteiger partial charge on any atom is -0.359 e. The van der Waals surface area contributed by atoms with Crippen LogP contribution in [-0.4, -0.2) is 11.1 Å². The molecule has 0 aliphatic carbocycles. The monoisotopic (exact) mass is 298 g/mol. The van der Waals surface area contributed by atoms with Crippen LogP contribution in [0.25, 0.3) is 0 Å². The summed E-state index contributed by atoms with van der Waals surface area (Å²) in [5.41, 5.74) is 0.482. The molecule has 0 radical (unpaired) electrons. The highest BCUT2D eigenvalue weighted by Gasteiger charge is 2.30. The Morgan fingerprint density at radius 1 is 1.33 bits per heavy atom. The lowest BCUT2D eigenvalue weighted by atomic mass is 10.1. The van der Waals surface area contributed by atoms with Crippen LogP contribution in [0.2, 0.25) is 0 Å². The molecule has 0 unspecified atom stereocenters. The summed E-state index contributed by atoms with van der Waals surface area (Å²) in [7, 11) is 0. The number of anilines is 1. The van der Waals surface area contributed by atoms with E-state index >= 15 is 0 Å². The molecule has 112 valence electrons. The zero-order valence-electron chi connectivity index (χ0n) is 11.4. The van der Waals surface area contributed by atoms with Gasteiger partial charge in [0.05, 0.1) is 12.0 Å². The van der Waals surface area contributed by atoms with Gasteiger partial charge in [-0.05, 0) is 25.5 Å². The van der Waals surface area contributed by atoms with Gasteiger partial charge in [0.25, 0.3) is 0 Å². The van der Waals surface area contributed by atoms with Gasteiger partial charge < -0.3 is 9.84 Å². The zero-order valence-corrected chi connectivity index (χ0v) is 11.4. The molecule has 0 spiro atoms. The molecule has 7 heteroatoms. The SMILES string of the molecule is Cc1noc(C)c1NC(=O)Cc1cccc(C(F)(F)F)c1. The maximum Gasteiger partial charge on any atom is 0.416 e. The third-order valence-electron chi connectivity index (χ3n) is 2.92. The summed E-state index contributed by atoms with van der Waals surface area (Å²) >= 11 is 0. The van der Waals surface area contributed by atoms with Crippen LogP contribution in [0.1, 0.15) is 22.6 Å². The van der Waals surface area contributed by atoms with E-state index < -0.39 is 17.6 Å². The standard InChI is InChI=1S/C14H13F3N2O2/c1-8-13(9(2)21-19-8)18-12(20)7-10-4-3-5-11(6-10)14(15,16)17/h3-6H,7H2,1-2H3,(H,18,20). The largest absolute Gasteiger partial charge is 0.416 e. The molecule has 1 N–H and O–H groups in total. The van der Waals surface area contributed by atoms with Crippen molar-refractivity contribution in [3.05, 3.63) is 46.8 Å². The number of hydrogen-bond donors (Lipinski definition) is 1. The summed E-state index contributed by atoms with van der Waals surface area (Å²) in [6.45, 7) is 3.30. The van der Waals surface area contributed by atoms with Crippen molar-refractivity contribution in [3.63, 3.8) is 0 Å². The number of aromatic nitrogens is 1. The Morgan fingerprint density at radius 2 is 2.05 bits per heavy atom. The maximum atomic E-state index is 12.6. The Hall–Kier alpha value is -2.31. The molecule has 0 atom stereocenters. The molecule has 1 aromatic carbocycles. The summed E-state index contributed by atoms with van der Waals surface area (Å²) in [4.78, 5) is 11.9. The lowest BCUT2D eigenvalue weighted by Crippen LogP contribution is -2.16. The third-order valence-corrected chi connectivity index (χ3v) is 2.92. The smallest absolute Gasteiger partial charge is 0.359 e. The second-order valence-corrected chi connectivity index (χ2v) is 4.62. The van der Waals surface area contributed by atoms with E-state index in [1.807, 2.05) is 0 Å². The van der Waals surface area contributed by atoms with Crippen molar-refractivity contribution >= 4 is 11.6 Å². The Morgan fingerprint density at radius 3 is 2.62 bits per heavy atom. The van der Waals surface area contributed by atoms with E-state index in [0.717, 1.165) is 12.1 Å². The quantitative estimate of drug-likeness (QED) is 0.943. The summed E-state index contributed by atoms with van der Waals surface area (Å²) in [5, 5.41) is 6.27. The maximum absolute atomic E-state index is 12.6. The Balaban J connectivity index is 2.10. The molecular formula is C14H13F3N2O2. The number of nitrogens with zero attached hydrogens (tertiary/aromatic N) is 1. The van der Waals surface area contributed by atoms with Crippen molar-refractivity contribution < 1.29 is 22.5 Å². The fraction of sp³-hybridized carbons (Fsp3) is 0.286. The van der Waals surface area contributed by atoms with Gasteiger partial charge in [0, 0.05) is 0 Å². The molecule has 1 amide bonds. The van der Waals surface area contributed by atoms with Crippen LogP contribution in [0.3, 0.4) is 0 Å². The molecule has 0 aliphatic rings. The first-order valence-corrected chi connectivity index (χ1v) is 6.16. The highest BCUT2D eigenvalue weighted by atomic mass is 19.4. The summed E-state index contributed by atoms with van der Waals surface area (Å²) in [6, 6.07) is 4.69. The molecule has 1 aromatic heterocycles. The van der Waals surface area contributed by atoms with Crippen molar-refractivity contribution in [1.82, 2.24) is 5.16 Å². The fourth-order valence-corrected chi connectivity index (χ4v) is 1.89. The van der Waals surface area contributed by atoms with Crippen LogP contribution >= 0.6 is 0 Å². The van der Waals surface area contributed by atoms with Crippen LogP contribution in [0.15, 0.2) is 28.8 Å². The van der Waals surface area contributed by atoms with Gasteiger partial charge >= 0.3 is 6.18 Å². The number of halogens is 3. The molecule has 0 aliphatic heterocycles. The molecule has 2 aromatic rings. The van der Waals surface area contributed by atoms with Crippen molar-refractivity contribution in [2.24, 2.45) is 0 Å². The average molecular weight is 298 g/mol. The lowest BCUT2D eigenvalue weighted by molar-refractivity contribution is -0.137. The van der Waals surface area contributed by atoms with Crippen molar-refractivity contribution in [2.45, 2.75) is 26.4 Å². The van der Waals surface area contributed by atoms with E-state index in [1.165, 1.54) is 12.1 Å². The van der Waals surface area contributed by atoms with E-state index in [4.69, 9.17) is 4.52 Å². The second-order valence-electron chi connectivity index (χ2n) is 4.62. The summed E-state index contributed by atoms with van der Waals surface area (Å²) < 4.78 is 42.7. The normalized spacial score (nSPS) is 11.5. The topological polar surface area (TPSA) is 55.1 Å². The van der Waals surface area contributed by atoms with E-state index in [0.29, 0.717) is 17.1 Å². The number of benzene rings is 1. The molecule has 1 heterocycles. The van der Waals surface area contributed by atoms with Crippen molar-refractivity contribution in [1.29, 1.82) is 0 Å². The third kappa shape index (κ3) is 3.62. The van der Waals surface area contributed by atoms with Crippen LogP contribution in [0.5, 0.6) is 0 Å². The Bertz CT molecular complexity index is 643. The predicted molar refractivity (Wildman–Crippen MR) is 69.8 cm³/mol. The van der Waals surface area contributed by atoms with E-state index in [9.17, 15) is 18.0 Å². The number of aryl methyl sites for hydroxylation is 2. The highest BCUT2D eigenvalue weighted by Crippen LogP contribution is 2.29. The minimum atomic E-state index is -4.42. The Labute approximate surface area is 118 Å². The zero-order chi connectivity index (χ0) is 15.6. The first-order valence-electron chi connectivity index (χ1n) is 6.16. The minimum absolute atomic E-state index is 0.159. The average Bonchev–Trinajstić information content (AvgIpc) is 2.70. The van der Waals surface area contributed by atoms with Crippen molar-refractivity contribution in [2.75, 3.05) is 5.32 Å². The van der Waals surface area contributed by atoms with Crippen LogP contribution in [0.4, 0.5) is 18.9 Å². The lowest BCUT2D eigenvalue weighted by Gasteiger charge is -2.09. The van der Waals surface area contributed by atoms with Gasteiger partial charge in [0.15, 0.2) is 5.76 Å². The van der Waals surface area contributed by atoms with E-state index in [-0.39, 0.29) is 12.0 Å². The van der Waals surface area contributed by atoms with Gasteiger partial charge in [-0.3, -0.25) is 4.79 Å². The number of rotatable bonds is 3. The summed E-state index contributed by atoms with van der Waals surface area (Å²) in [6.07, 6.45) is -4.58. The first-order chi connectivity index (χ1) is 9.77. The number of amides is 1. The number of alkyl halides is 3. The van der Waals surface area contributed by atoms with Crippen LogP contribution < -0.4 is 5.32 Å². The van der Waals surface area contributed by atoms with Gasteiger partial charge in [0.2, 0.25) is 5.91 Å². The fourth-order valence-electron chi connectivity index (χ4n) is 1.89. The number of carbonyl (C=O) groups excluding carboxylic acids is 1. The number of hydrogen-bond acceptors (Lipinski definition) is 3. The first kappa shape index (κ1) is 15.1. The molecule has 4 nitrogen and oxygen atoms in total. The predicted octanol–water partition coefficient (Wildman–Crippen LogP) is 3.49. The molecular weight excluding hydrogens is 285 g/mol. The van der Waals surface area contributed by atoms with Gasteiger partial charge in [-0.1, -0.05) is 23.4 Å². The van der Waals surface area contributed by atoms with Gasteiger partial charge in [-0.2, -0.15) is 13.2 Å². The molecule has 2 rings (SSSR count). The van der Waals surface area contributed by atoms with E-state index in [1.54, 1.807) is 13.8 Å². The van der Waals surface area contributed by atoms with E-state index in [2.05, 4.69) is 10.5 Å². The number of carbonyl (C=O) groups is 1. The highest BCUT2D eigenvalue weighted by molar-refractivity contribution is 5.93. The number of nitrogens with one attached hydrogen (secondary N) is 1. The van der Waals surface area contributed by atoms with Crippen LogP contribution in [-0.2, 0) is 17.4 Å². The Kier molecular flexibility index (Phi) is 4.02. The van der Waals surface area contributed by atoms with Crippen molar-refractivity contribution in [3.8, 4) is 0 Å². The second kappa shape index (κ2) is 5.59. The molecule has 21 heavy (non-hydrogen) atoms. The molecule has 0 fully saturated rings. The molecule has 0 saturated heterocycles. The van der Waals surface area contributed by atoms with Crippen LogP contribution in [0, 0.1) is 13.8 Å².